The molecule has 0 unspecified atom stereocenters. The lowest BCUT2D eigenvalue weighted by Crippen LogP contribution is -2.02. The van der Waals surface area contributed by atoms with E-state index in [0.29, 0.717) is 6.54 Å². The van der Waals surface area contributed by atoms with Crippen LogP contribution in [0.15, 0.2) is 30.3 Å². The minimum atomic E-state index is -2.59. The van der Waals surface area contributed by atoms with E-state index >= 15 is 0 Å². The van der Waals surface area contributed by atoms with Gasteiger partial charge in [0.25, 0.3) is 6.43 Å². The largest absolute Gasteiger partial charge is 0.282 e. The molecule has 0 saturated heterocycles. The maximum atomic E-state index is 12.4. The van der Waals surface area contributed by atoms with E-state index in [1.807, 2.05) is 31.2 Å². The van der Waals surface area contributed by atoms with Crippen LogP contribution in [0.3, 0.4) is 0 Å². The molecule has 0 bridgehead atoms. The van der Waals surface area contributed by atoms with Gasteiger partial charge in [0.05, 0.1) is 6.54 Å². The van der Waals surface area contributed by atoms with Crippen LogP contribution in [-0.2, 0) is 6.54 Å². The summed E-state index contributed by atoms with van der Waals surface area (Å²) >= 11 is 5.84. The Morgan fingerprint density at radius 3 is 2.47 bits per heavy atom. The maximum absolute atomic E-state index is 12.4. The Bertz CT molecular complexity index is 506. The van der Waals surface area contributed by atoms with Crippen LogP contribution in [0, 0.1) is 6.92 Å². The predicted molar refractivity (Wildman–Crippen MR) is 62.5 cm³/mol. The second-order valence-corrected chi connectivity index (χ2v) is 4.22. The molecule has 0 atom stereocenters. The van der Waals surface area contributed by atoms with Crippen LogP contribution in [0.5, 0.6) is 0 Å². The number of hydrogen-bond acceptors (Lipinski definition) is 1. The van der Waals surface area contributed by atoms with Crippen molar-refractivity contribution in [3.63, 3.8) is 0 Å². The first kappa shape index (κ1) is 12.0. The maximum Gasteiger partial charge on any atom is 0.282 e. The van der Waals surface area contributed by atoms with Crippen molar-refractivity contribution in [2.45, 2.75) is 19.9 Å². The van der Waals surface area contributed by atoms with Gasteiger partial charge in [0.15, 0.2) is 0 Å². The minimum Gasteiger partial charge on any atom is -0.249 e. The summed E-state index contributed by atoms with van der Waals surface area (Å²) in [6.45, 7) is 2.38. The fraction of sp³-hybridized carbons (Fsp3) is 0.250. The van der Waals surface area contributed by atoms with Crippen LogP contribution in [0.1, 0.15) is 23.2 Å². The van der Waals surface area contributed by atoms with Crippen LogP contribution in [0.4, 0.5) is 8.78 Å². The van der Waals surface area contributed by atoms with Gasteiger partial charge in [0.1, 0.15) is 10.8 Å². The third kappa shape index (κ3) is 2.82. The van der Waals surface area contributed by atoms with Gasteiger partial charge in [-0.15, -0.1) is 0 Å². The van der Waals surface area contributed by atoms with Crippen LogP contribution in [0.2, 0.25) is 5.15 Å². The summed E-state index contributed by atoms with van der Waals surface area (Å²) in [4.78, 5) is 0. The topological polar surface area (TPSA) is 17.8 Å². The number of benzene rings is 1. The first-order valence-electron chi connectivity index (χ1n) is 5.13. The molecule has 1 aromatic carbocycles. The molecule has 2 aromatic rings. The Hall–Kier alpha value is -1.42. The predicted octanol–water partition coefficient (Wildman–Crippen LogP) is 3.83. The van der Waals surface area contributed by atoms with E-state index in [9.17, 15) is 8.78 Å². The van der Waals surface area contributed by atoms with E-state index < -0.39 is 6.43 Å². The Kier molecular flexibility index (Phi) is 3.43. The van der Waals surface area contributed by atoms with Crippen molar-refractivity contribution in [1.82, 2.24) is 9.78 Å². The summed E-state index contributed by atoms with van der Waals surface area (Å²) in [6, 6.07) is 8.96. The first-order valence-corrected chi connectivity index (χ1v) is 5.51. The van der Waals surface area contributed by atoms with Crippen molar-refractivity contribution in [2.75, 3.05) is 0 Å². The van der Waals surface area contributed by atoms with Gasteiger partial charge in [-0.2, -0.15) is 5.10 Å². The summed E-state index contributed by atoms with van der Waals surface area (Å²) < 4.78 is 26.2. The zero-order valence-electron chi connectivity index (χ0n) is 9.20. The van der Waals surface area contributed by atoms with E-state index in [1.165, 1.54) is 10.7 Å². The number of aryl methyl sites for hydroxylation is 1. The van der Waals surface area contributed by atoms with Gasteiger partial charge in [-0.3, -0.25) is 0 Å². The van der Waals surface area contributed by atoms with Gasteiger partial charge < -0.3 is 0 Å². The summed E-state index contributed by atoms with van der Waals surface area (Å²) in [5, 5.41) is 3.98. The molecule has 0 N–H and O–H groups in total. The Labute approximate surface area is 103 Å². The van der Waals surface area contributed by atoms with Gasteiger partial charge >= 0.3 is 0 Å². The lowest BCUT2D eigenvalue weighted by atomic mass is 10.1. The van der Waals surface area contributed by atoms with Crippen LogP contribution in [-0.4, -0.2) is 9.78 Å². The molecule has 5 heteroatoms. The molecule has 0 fully saturated rings. The first-order chi connectivity index (χ1) is 8.06. The van der Waals surface area contributed by atoms with Gasteiger partial charge in [-0.05, 0) is 12.5 Å². The molecule has 0 spiro atoms. The summed E-state index contributed by atoms with van der Waals surface area (Å²) in [5.41, 5.74) is 1.83. The number of aromatic nitrogens is 2. The molecule has 0 amide bonds. The van der Waals surface area contributed by atoms with Gasteiger partial charge in [-0.25, -0.2) is 13.5 Å². The standard InChI is InChI=1S/C12H11ClF2N2/c1-8-2-4-9(5-3-8)7-17-11(13)6-10(16-17)12(14)15/h2-6,12H,7H2,1H3. The summed E-state index contributed by atoms with van der Waals surface area (Å²) in [7, 11) is 0. The van der Waals surface area contributed by atoms with Crippen LogP contribution in [0.25, 0.3) is 0 Å². The Balaban J connectivity index is 2.21. The van der Waals surface area contributed by atoms with Crippen molar-refractivity contribution in [2.24, 2.45) is 0 Å². The lowest BCUT2D eigenvalue weighted by molar-refractivity contribution is 0.145. The highest BCUT2D eigenvalue weighted by Crippen LogP contribution is 2.21. The quantitative estimate of drug-likeness (QED) is 0.816. The highest BCUT2D eigenvalue weighted by atomic mass is 35.5. The number of hydrogen-bond donors (Lipinski definition) is 0. The van der Waals surface area contributed by atoms with E-state index in [4.69, 9.17) is 11.6 Å². The zero-order valence-corrected chi connectivity index (χ0v) is 9.96. The van der Waals surface area contributed by atoms with E-state index in [0.717, 1.165) is 11.1 Å². The Morgan fingerprint density at radius 1 is 1.29 bits per heavy atom. The second-order valence-electron chi connectivity index (χ2n) is 3.84. The molecule has 90 valence electrons. The molecule has 0 saturated carbocycles. The highest BCUT2D eigenvalue weighted by Gasteiger charge is 2.14. The average Bonchev–Trinajstić information content (AvgIpc) is 2.64. The van der Waals surface area contributed by atoms with Crippen molar-refractivity contribution >= 4 is 11.6 Å². The van der Waals surface area contributed by atoms with Crippen LogP contribution < -0.4 is 0 Å². The van der Waals surface area contributed by atoms with Crippen LogP contribution >= 0.6 is 11.6 Å². The van der Waals surface area contributed by atoms with E-state index in [-0.39, 0.29) is 10.8 Å². The lowest BCUT2D eigenvalue weighted by Gasteiger charge is -2.03. The SMILES string of the molecule is Cc1ccc(Cn2nc(C(F)F)cc2Cl)cc1. The molecule has 1 heterocycles. The minimum absolute atomic E-state index is 0.223. The molecule has 0 aliphatic carbocycles. The normalized spacial score (nSPS) is 11.1. The highest BCUT2D eigenvalue weighted by molar-refractivity contribution is 6.29. The average molecular weight is 257 g/mol. The number of nitrogens with zero attached hydrogens (tertiary/aromatic N) is 2. The van der Waals surface area contributed by atoms with Crippen molar-refractivity contribution in [3.05, 3.63) is 52.3 Å². The monoisotopic (exact) mass is 256 g/mol. The number of halogens is 3. The summed E-state index contributed by atoms with van der Waals surface area (Å²) in [6.07, 6.45) is -2.59. The van der Waals surface area contributed by atoms with Crippen molar-refractivity contribution in [3.8, 4) is 0 Å². The molecule has 17 heavy (non-hydrogen) atoms. The molecule has 0 aliphatic heterocycles. The molecular formula is C12H11ClF2N2. The fourth-order valence-electron chi connectivity index (χ4n) is 1.50. The van der Waals surface area contributed by atoms with E-state index in [1.54, 1.807) is 0 Å². The second kappa shape index (κ2) is 4.84. The molecule has 0 radical (unpaired) electrons. The number of rotatable bonds is 3. The Morgan fingerprint density at radius 2 is 1.94 bits per heavy atom. The van der Waals surface area contributed by atoms with Crippen molar-refractivity contribution < 1.29 is 8.78 Å². The van der Waals surface area contributed by atoms with Gasteiger partial charge in [-0.1, -0.05) is 41.4 Å². The third-order valence-electron chi connectivity index (χ3n) is 2.43. The molecule has 0 aliphatic rings. The molecule has 2 nitrogen and oxygen atoms in total. The molecule has 1 aromatic heterocycles. The summed E-state index contributed by atoms with van der Waals surface area (Å²) in [5.74, 6) is 0. The molecule has 2 rings (SSSR count). The van der Waals surface area contributed by atoms with Gasteiger partial charge in [0, 0.05) is 6.07 Å². The molecular weight excluding hydrogens is 246 g/mol. The smallest absolute Gasteiger partial charge is 0.249 e. The van der Waals surface area contributed by atoms with Crippen molar-refractivity contribution in [1.29, 1.82) is 0 Å². The fourth-order valence-corrected chi connectivity index (χ4v) is 1.71. The zero-order chi connectivity index (χ0) is 12.4. The van der Waals surface area contributed by atoms with Gasteiger partial charge in [0.2, 0.25) is 0 Å². The number of alkyl halides is 2. The third-order valence-corrected chi connectivity index (χ3v) is 2.73. The van der Waals surface area contributed by atoms with E-state index in [2.05, 4.69) is 5.10 Å².